The minimum absolute atomic E-state index is 0.0456. The highest BCUT2D eigenvalue weighted by molar-refractivity contribution is 5.13. The molecule has 0 N–H and O–H groups in total. The molecule has 2 nitrogen and oxygen atoms in total. The third-order valence-corrected chi connectivity index (χ3v) is 4.72. The second kappa shape index (κ2) is 3.10. The van der Waals surface area contributed by atoms with Crippen LogP contribution in [0.3, 0.4) is 0 Å². The Morgan fingerprint density at radius 3 is 1.44 bits per heavy atom. The molecular formula is C10H14F4N2. The summed E-state index contributed by atoms with van der Waals surface area (Å²) in [6.07, 6.45) is 2.29. The molecular weight excluding hydrogens is 224 g/mol. The van der Waals surface area contributed by atoms with Crippen LogP contribution in [-0.2, 0) is 0 Å². The van der Waals surface area contributed by atoms with Crippen molar-refractivity contribution in [3.8, 4) is 0 Å². The normalized spacial score (nSPS) is 50.6. The van der Waals surface area contributed by atoms with Crippen LogP contribution in [0.5, 0.6) is 0 Å². The second-order valence-corrected chi connectivity index (χ2v) is 5.88. The number of halogens is 4. The highest BCUT2D eigenvalue weighted by Crippen LogP contribution is 2.61. The van der Waals surface area contributed by atoms with E-state index in [2.05, 4.69) is 0 Å². The lowest BCUT2D eigenvalue weighted by molar-refractivity contribution is -0.330. The lowest BCUT2D eigenvalue weighted by atomic mass is 9.50. The van der Waals surface area contributed by atoms with Crippen LogP contribution in [0.15, 0.2) is 0 Å². The smallest absolute Gasteiger partial charge is 0.0864 e. The number of hydrogen-bond acceptors (Lipinski definition) is 2. The van der Waals surface area contributed by atoms with Crippen LogP contribution in [0.1, 0.15) is 38.5 Å². The van der Waals surface area contributed by atoms with E-state index in [1.807, 2.05) is 0 Å². The maximum absolute atomic E-state index is 13.0. The minimum atomic E-state index is -1.28. The first-order valence-electron chi connectivity index (χ1n) is 5.69. The van der Waals surface area contributed by atoms with Gasteiger partial charge in [0.05, 0.1) is 11.1 Å². The molecule has 0 radical (unpaired) electrons. The van der Waals surface area contributed by atoms with Crippen LogP contribution in [0.25, 0.3) is 0 Å². The third kappa shape index (κ3) is 1.26. The van der Waals surface area contributed by atoms with Crippen LogP contribution in [-0.4, -0.2) is 21.8 Å². The van der Waals surface area contributed by atoms with Crippen molar-refractivity contribution in [3.05, 3.63) is 0 Å². The zero-order valence-corrected chi connectivity index (χ0v) is 8.80. The average Bonchev–Trinajstić information content (AvgIpc) is 2.14. The molecule has 4 fully saturated rings. The zero-order valence-electron chi connectivity index (χ0n) is 8.80. The first-order valence-corrected chi connectivity index (χ1v) is 5.69. The van der Waals surface area contributed by atoms with Crippen molar-refractivity contribution in [2.24, 2.45) is 11.8 Å². The monoisotopic (exact) mass is 238 g/mol. The third-order valence-electron chi connectivity index (χ3n) is 4.72. The zero-order chi connectivity index (χ0) is 11.6. The maximum Gasteiger partial charge on any atom is 0.0864 e. The molecule has 0 atom stereocenters. The number of rotatable bonds is 2. The standard InChI is InChI=1S/C10H14F4N2/c11-15(12)9-2-7-1-8(4-9)5-10(3-7,6-9)16(13)14/h7-8H,1-6H2. The van der Waals surface area contributed by atoms with E-state index in [-0.39, 0.29) is 18.3 Å². The molecule has 0 aromatic carbocycles. The molecule has 4 rings (SSSR count). The van der Waals surface area contributed by atoms with E-state index in [1.165, 1.54) is 0 Å². The van der Waals surface area contributed by atoms with Crippen molar-refractivity contribution in [2.75, 3.05) is 0 Å². The van der Waals surface area contributed by atoms with Gasteiger partial charge < -0.3 is 0 Å². The predicted octanol–water partition coefficient (Wildman–Crippen LogP) is 3.22. The van der Waals surface area contributed by atoms with E-state index >= 15 is 0 Å². The van der Waals surface area contributed by atoms with Crippen molar-refractivity contribution in [1.82, 2.24) is 10.7 Å². The molecule has 0 heterocycles. The lowest BCUT2D eigenvalue weighted by Crippen LogP contribution is -2.65. The fourth-order valence-corrected chi connectivity index (χ4v) is 4.56. The van der Waals surface area contributed by atoms with E-state index in [1.54, 1.807) is 0 Å². The van der Waals surface area contributed by atoms with Gasteiger partial charge in [-0.1, -0.05) is 0 Å². The van der Waals surface area contributed by atoms with Gasteiger partial charge in [0.2, 0.25) is 0 Å². The van der Waals surface area contributed by atoms with Gasteiger partial charge in [0, 0.05) is 10.7 Å². The Bertz CT molecular complexity index is 267. The molecule has 4 aliphatic rings. The molecule has 0 aliphatic heterocycles. The fourth-order valence-electron chi connectivity index (χ4n) is 4.56. The van der Waals surface area contributed by atoms with Gasteiger partial charge in [0.15, 0.2) is 0 Å². The van der Waals surface area contributed by atoms with Crippen LogP contribution in [0, 0.1) is 11.8 Å². The van der Waals surface area contributed by atoms with Crippen LogP contribution >= 0.6 is 0 Å². The predicted molar refractivity (Wildman–Crippen MR) is 48.3 cm³/mol. The molecule has 0 aromatic heterocycles. The summed E-state index contributed by atoms with van der Waals surface area (Å²) in [4.78, 5) is 0. The summed E-state index contributed by atoms with van der Waals surface area (Å²) in [5.74, 6) is 0.0912. The Balaban J connectivity index is 1.97. The molecule has 4 saturated carbocycles. The van der Waals surface area contributed by atoms with Crippen molar-refractivity contribution < 1.29 is 17.9 Å². The molecule has 4 bridgehead atoms. The molecule has 16 heavy (non-hydrogen) atoms. The van der Waals surface area contributed by atoms with Gasteiger partial charge in [-0.05, 0) is 50.4 Å². The fraction of sp³-hybridized carbons (Fsp3) is 1.00. The van der Waals surface area contributed by atoms with E-state index in [0.717, 1.165) is 6.42 Å². The number of hydrogen-bond donors (Lipinski definition) is 0. The van der Waals surface area contributed by atoms with Gasteiger partial charge in [-0.15, -0.1) is 17.9 Å². The molecule has 6 heteroatoms. The number of nitrogens with zero attached hydrogens (tertiary/aromatic N) is 2. The van der Waals surface area contributed by atoms with Crippen LogP contribution in [0.4, 0.5) is 17.9 Å². The van der Waals surface area contributed by atoms with Gasteiger partial charge in [-0.2, -0.15) is 0 Å². The second-order valence-electron chi connectivity index (χ2n) is 5.88. The Kier molecular flexibility index (Phi) is 2.09. The minimum Gasteiger partial charge on any atom is -0.101 e. The van der Waals surface area contributed by atoms with Crippen molar-refractivity contribution in [3.63, 3.8) is 0 Å². The van der Waals surface area contributed by atoms with E-state index < -0.39 is 21.8 Å². The molecule has 4 aliphatic carbocycles. The summed E-state index contributed by atoms with van der Waals surface area (Å²) < 4.78 is 51.9. The lowest BCUT2D eigenvalue weighted by Gasteiger charge is -2.60. The van der Waals surface area contributed by atoms with Crippen LogP contribution in [0.2, 0.25) is 0 Å². The summed E-state index contributed by atoms with van der Waals surface area (Å²) in [5, 5.41) is -1.58. The Morgan fingerprint density at radius 1 is 0.750 bits per heavy atom. The summed E-state index contributed by atoms with van der Waals surface area (Å²) in [6.45, 7) is 0. The summed E-state index contributed by atoms with van der Waals surface area (Å²) in [7, 11) is 0. The highest BCUT2D eigenvalue weighted by Gasteiger charge is 2.64. The Hall–Kier alpha value is -0.360. The molecule has 92 valence electrons. The van der Waals surface area contributed by atoms with Crippen molar-refractivity contribution in [2.45, 2.75) is 49.6 Å². The molecule has 0 unspecified atom stereocenters. The summed E-state index contributed by atoms with van der Waals surface area (Å²) >= 11 is 0. The van der Waals surface area contributed by atoms with E-state index in [9.17, 15) is 17.9 Å². The van der Waals surface area contributed by atoms with Gasteiger partial charge in [0.25, 0.3) is 0 Å². The SMILES string of the molecule is FN(F)C12CC3CC(C1)CC(N(F)F)(C3)C2. The average molecular weight is 238 g/mol. The Morgan fingerprint density at radius 2 is 1.12 bits per heavy atom. The van der Waals surface area contributed by atoms with E-state index in [4.69, 9.17) is 0 Å². The van der Waals surface area contributed by atoms with Crippen LogP contribution < -0.4 is 0 Å². The molecule has 0 aromatic rings. The van der Waals surface area contributed by atoms with Crippen molar-refractivity contribution >= 4 is 0 Å². The molecule has 0 saturated heterocycles. The maximum atomic E-state index is 13.0. The first kappa shape index (κ1) is 10.8. The van der Waals surface area contributed by atoms with Gasteiger partial charge in [0.1, 0.15) is 0 Å². The topological polar surface area (TPSA) is 6.48 Å². The highest BCUT2D eigenvalue weighted by atomic mass is 19.4. The quantitative estimate of drug-likeness (QED) is 0.538. The van der Waals surface area contributed by atoms with Gasteiger partial charge in [-0.25, -0.2) is 0 Å². The van der Waals surface area contributed by atoms with E-state index in [0.29, 0.717) is 25.7 Å². The Labute approximate surface area is 90.9 Å². The molecule has 0 spiro atoms. The first-order chi connectivity index (χ1) is 7.46. The van der Waals surface area contributed by atoms with Gasteiger partial charge >= 0.3 is 0 Å². The van der Waals surface area contributed by atoms with Gasteiger partial charge in [-0.3, -0.25) is 0 Å². The largest absolute Gasteiger partial charge is 0.101 e. The van der Waals surface area contributed by atoms with Crippen molar-refractivity contribution in [1.29, 1.82) is 0 Å². The molecule has 0 amide bonds. The summed E-state index contributed by atoms with van der Waals surface area (Å²) in [5.41, 5.74) is -2.55. The summed E-state index contributed by atoms with van der Waals surface area (Å²) in [6, 6.07) is 0.